The minimum atomic E-state index is -3.47. The first-order chi connectivity index (χ1) is 11.9. The molecule has 1 amide bonds. The molecule has 2 aromatic rings. The second kappa shape index (κ2) is 8.81. The summed E-state index contributed by atoms with van der Waals surface area (Å²) < 4.78 is 24.8. The molecule has 2 atom stereocenters. The molecular weight excluding hydrogens is 334 g/mol. The van der Waals surface area contributed by atoms with Crippen molar-refractivity contribution in [2.24, 2.45) is 0 Å². The summed E-state index contributed by atoms with van der Waals surface area (Å²) in [6, 6.07) is 19.0. The molecule has 0 aliphatic heterocycles. The molecule has 0 aliphatic rings. The van der Waals surface area contributed by atoms with Gasteiger partial charge in [0.15, 0.2) is 9.84 Å². The summed E-state index contributed by atoms with van der Waals surface area (Å²) in [6.45, 7) is 3.31. The third kappa shape index (κ3) is 5.71. The Kier molecular flexibility index (Phi) is 6.76. The molecule has 134 valence electrons. The van der Waals surface area contributed by atoms with Gasteiger partial charge in [-0.3, -0.25) is 4.79 Å². The molecule has 0 spiro atoms. The Labute approximate surface area is 150 Å². The molecule has 0 heterocycles. The van der Waals surface area contributed by atoms with Gasteiger partial charge in [0.1, 0.15) is 5.25 Å². The van der Waals surface area contributed by atoms with E-state index in [4.69, 9.17) is 0 Å². The molecule has 2 aromatic carbocycles. The van der Waals surface area contributed by atoms with Crippen LogP contribution in [0.3, 0.4) is 0 Å². The van der Waals surface area contributed by atoms with E-state index in [0.717, 1.165) is 11.1 Å². The number of sulfone groups is 1. The summed E-state index contributed by atoms with van der Waals surface area (Å²) in [6.07, 6.45) is 1.20. The van der Waals surface area contributed by atoms with E-state index >= 15 is 0 Å². The number of amides is 1. The Morgan fingerprint density at radius 2 is 1.52 bits per heavy atom. The first-order valence-electron chi connectivity index (χ1n) is 8.51. The van der Waals surface area contributed by atoms with Crippen LogP contribution in [0, 0.1) is 0 Å². The van der Waals surface area contributed by atoms with Crippen LogP contribution in [0.25, 0.3) is 0 Å². The van der Waals surface area contributed by atoms with Crippen molar-refractivity contribution < 1.29 is 13.2 Å². The summed E-state index contributed by atoms with van der Waals surface area (Å²) in [5.74, 6) is -0.438. The van der Waals surface area contributed by atoms with Crippen LogP contribution >= 0.6 is 0 Å². The molecule has 0 aliphatic carbocycles. The van der Waals surface area contributed by atoms with Crippen molar-refractivity contribution in [2.45, 2.75) is 38.0 Å². The van der Waals surface area contributed by atoms with E-state index in [9.17, 15) is 13.2 Å². The minimum Gasteiger partial charge on any atom is -0.348 e. The number of rotatable bonds is 8. The molecule has 0 saturated carbocycles. The highest BCUT2D eigenvalue weighted by Crippen LogP contribution is 2.13. The zero-order valence-electron chi connectivity index (χ0n) is 14.7. The van der Waals surface area contributed by atoms with Crippen LogP contribution in [0.1, 0.15) is 37.4 Å². The maximum absolute atomic E-state index is 12.4. The highest BCUT2D eigenvalue weighted by Gasteiger charge is 2.28. The van der Waals surface area contributed by atoms with Crippen molar-refractivity contribution in [3.8, 4) is 0 Å². The zero-order chi connectivity index (χ0) is 18.3. The molecular formula is C20H25NO3S. The van der Waals surface area contributed by atoms with Gasteiger partial charge in [0.05, 0.1) is 11.8 Å². The molecule has 0 unspecified atom stereocenters. The Balaban J connectivity index is 1.88. The largest absolute Gasteiger partial charge is 0.348 e. The molecule has 2 rings (SSSR count). The fourth-order valence-corrected chi connectivity index (χ4v) is 3.91. The lowest BCUT2D eigenvalue weighted by molar-refractivity contribution is -0.121. The van der Waals surface area contributed by atoms with E-state index in [1.165, 1.54) is 6.92 Å². The zero-order valence-corrected chi connectivity index (χ0v) is 15.5. The van der Waals surface area contributed by atoms with E-state index in [1.54, 1.807) is 0 Å². The average molecular weight is 359 g/mol. The minimum absolute atomic E-state index is 0.0101. The molecule has 1 N–H and O–H groups in total. The second-order valence-electron chi connectivity index (χ2n) is 6.24. The number of benzene rings is 2. The monoisotopic (exact) mass is 359 g/mol. The molecule has 0 bridgehead atoms. The molecule has 0 fully saturated rings. The van der Waals surface area contributed by atoms with Crippen molar-refractivity contribution in [1.29, 1.82) is 0 Å². The van der Waals surface area contributed by atoms with Gasteiger partial charge in [-0.2, -0.15) is 0 Å². The number of aryl methyl sites for hydroxylation is 1. The molecule has 0 saturated heterocycles. The molecule has 0 aromatic heterocycles. The standard InChI is InChI=1S/C20H25NO3S/c1-16(19-13-7-4-8-14-19)21-20(22)17(2)25(23,24)15-9-12-18-10-5-3-6-11-18/h3-8,10-11,13-14,16-17H,9,12,15H2,1-2H3,(H,21,22)/t16-,17-/m1/s1. The maximum atomic E-state index is 12.4. The third-order valence-corrected chi connectivity index (χ3v) is 6.45. The van der Waals surface area contributed by atoms with Crippen LogP contribution < -0.4 is 5.32 Å². The molecule has 25 heavy (non-hydrogen) atoms. The predicted molar refractivity (Wildman–Crippen MR) is 101 cm³/mol. The molecule has 0 radical (unpaired) electrons. The number of carbonyl (C=O) groups excluding carboxylic acids is 1. The fraction of sp³-hybridized carbons (Fsp3) is 0.350. The van der Waals surface area contributed by atoms with Gasteiger partial charge in [0, 0.05) is 0 Å². The summed E-state index contributed by atoms with van der Waals surface area (Å²) in [4.78, 5) is 12.3. The quantitative estimate of drug-likeness (QED) is 0.786. The van der Waals surface area contributed by atoms with Gasteiger partial charge in [-0.1, -0.05) is 60.7 Å². The van der Waals surface area contributed by atoms with Crippen molar-refractivity contribution in [2.75, 3.05) is 5.75 Å². The number of nitrogens with one attached hydrogen (secondary N) is 1. The van der Waals surface area contributed by atoms with Crippen molar-refractivity contribution in [3.05, 3.63) is 71.8 Å². The van der Waals surface area contributed by atoms with Crippen LogP contribution in [0.5, 0.6) is 0 Å². The van der Waals surface area contributed by atoms with Crippen molar-refractivity contribution in [1.82, 2.24) is 5.32 Å². The van der Waals surface area contributed by atoms with Gasteiger partial charge in [0.2, 0.25) is 5.91 Å². The van der Waals surface area contributed by atoms with Gasteiger partial charge < -0.3 is 5.32 Å². The SMILES string of the molecule is C[C@H](C(=O)N[C@H](C)c1ccccc1)S(=O)(=O)CCCc1ccccc1. The fourth-order valence-electron chi connectivity index (χ4n) is 2.62. The van der Waals surface area contributed by atoms with Crippen LogP contribution in [-0.4, -0.2) is 25.3 Å². The van der Waals surface area contributed by atoms with Crippen LogP contribution in [0.2, 0.25) is 0 Å². The van der Waals surface area contributed by atoms with E-state index in [0.29, 0.717) is 12.8 Å². The summed E-state index contributed by atoms with van der Waals surface area (Å²) in [7, 11) is -3.47. The first kappa shape index (κ1) is 19.2. The second-order valence-corrected chi connectivity index (χ2v) is 8.68. The number of carbonyl (C=O) groups is 1. The van der Waals surface area contributed by atoms with Gasteiger partial charge in [-0.25, -0.2) is 8.42 Å². The van der Waals surface area contributed by atoms with E-state index in [1.807, 2.05) is 67.6 Å². The predicted octanol–water partition coefficient (Wildman–Crippen LogP) is 3.30. The highest BCUT2D eigenvalue weighted by atomic mass is 32.2. The molecule has 4 nitrogen and oxygen atoms in total. The van der Waals surface area contributed by atoms with Crippen LogP contribution in [0.4, 0.5) is 0 Å². The third-order valence-electron chi connectivity index (χ3n) is 4.30. The van der Waals surface area contributed by atoms with Gasteiger partial charge >= 0.3 is 0 Å². The average Bonchev–Trinajstić information content (AvgIpc) is 2.62. The van der Waals surface area contributed by atoms with Crippen molar-refractivity contribution >= 4 is 15.7 Å². The lowest BCUT2D eigenvalue weighted by Gasteiger charge is -2.18. The van der Waals surface area contributed by atoms with E-state index < -0.39 is 21.0 Å². The highest BCUT2D eigenvalue weighted by molar-refractivity contribution is 7.92. The van der Waals surface area contributed by atoms with Gasteiger partial charge in [-0.15, -0.1) is 0 Å². The Morgan fingerprint density at radius 1 is 0.960 bits per heavy atom. The van der Waals surface area contributed by atoms with Crippen LogP contribution in [-0.2, 0) is 21.1 Å². The van der Waals surface area contributed by atoms with E-state index in [2.05, 4.69) is 5.32 Å². The Bertz CT molecular complexity index is 773. The summed E-state index contributed by atoms with van der Waals surface area (Å²) in [5.41, 5.74) is 2.05. The Morgan fingerprint density at radius 3 is 2.12 bits per heavy atom. The normalized spacial score (nSPS) is 13.8. The first-order valence-corrected chi connectivity index (χ1v) is 10.2. The number of hydrogen-bond acceptors (Lipinski definition) is 3. The summed E-state index contributed by atoms with van der Waals surface area (Å²) in [5, 5.41) is 1.75. The topological polar surface area (TPSA) is 63.2 Å². The summed E-state index contributed by atoms with van der Waals surface area (Å²) >= 11 is 0. The van der Waals surface area contributed by atoms with E-state index in [-0.39, 0.29) is 11.8 Å². The Hall–Kier alpha value is -2.14. The van der Waals surface area contributed by atoms with Crippen LogP contribution in [0.15, 0.2) is 60.7 Å². The lowest BCUT2D eigenvalue weighted by Crippen LogP contribution is -2.40. The number of hydrogen-bond donors (Lipinski definition) is 1. The smallest absolute Gasteiger partial charge is 0.238 e. The maximum Gasteiger partial charge on any atom is 0.238 e. The lowest BCUT2D eigenvalue weighted by atomic mass is 10.1. The van der Waals surface area contributed by atoms with Gasteiger partial charge in [0.25, 0.3) is 0 Å². The van der Waals surface area contributed by atoms with Crippen molar-refractivity contribution in [3.63, 3.8) is 0 Å². The molecule has 5 heteroatoms. The van der Waals surface area contributed by atoms with Gasteiger partial charge in [-0.05, 0) is 37.8 Å².